The van der Waals surface area contributed by atoms with Gasteiger partial charge in [0.25, 0.3) is 11.0 Å². The molecule has 0 fully saturated rings. The van der Waals surface area contributed by atoms with Crippen LogP contribution in [-0.4, -0.2) is 40.9 Å². The second-order valence-corrected chi connectivity index (χ2v) is 5.90. The Morgan fingerprint density at radius 3 is 1.41 bits per heavy atom. The summed E-state index contributed by atoms with van der Waals surface area (Å²) in [6, 6.07) is 0. The maximum absolute atomic E-state index is 8.59. The largest absolute Gasteiger partial charge is 0.288 e. The van der Waals surface area contributed by atoms with Gasteiger partial charge < -0.3 is 0 Å². The molecule has 0 saturated heterocycles. The SMILES string of the molecule is CCCCCCCCCCC[CH2][Na].O=[SH](=O)O. The van der Waals surface area contributed by atoms with Gasteiger partial charge in [-0.05, 0) is 0 Å². The molecule has 0 aliphatic carbocycles. The van der Waals surface area contributed by atoms with Crippen molar-refractivity contribution in [3.8, 4) is 0 Å². The molecule has 0 aromatic rings. The first kappa shape index (κ1) is 20.2. The van der Waals surface area contributed by atoms with Crippen LogP contribution in [0.1, 0.15) is 71.1 Å². The van der Waals surface area contributed by atoms with Gasteiger partial charge in [-0.1, -0.05) is 0 Å². The van der Waals surface area contributed by atoms with Crippen molar-refractivity contribution in [2.75, 3.05) is 0 Å². The van der Waals surface area contributed by atoms with Crippen LogP contribution in [0.2, 0.25) is 3.67 Å². The van der Waals surface area contributed by atoms with E-state index in [9.17, 15) is 0 Å². The van der Waals surface area contributed by atoms with Crippen molar-refractivity contribution in [2.24, 2.45) is 0 Å². The molecule has 0 unspecified atom stereocenters. The standard InChI is InChI=1S/C12H25.Na.H2O3S/c1-3-5-7-9-11-12-10-8-6-4-2;;1-4(2)3/h1,3-12H2,2H3;;4H,(H,1,2,3). The van der Waals surface area contributed by atoms with Crippen LogP contribution in [-0.2, 0) is 11.0 Å². The predicted octanol–water partition coefficient (Wildman–Crippen LogP) is 3.56. The Morgan fingerprint density at radius 2 is 1.12 bits per heavy atom. The molecule has 0 atom stereocenters. The molecule has 0 aliphatic heterocycles. The molecule has 0 aromatic heterocycles. The van der Waals surface area contributed by atoms with E-state index >= 15 is 0 Å². The first-order chi connectivity index (χ1) is 8.15. The van der Waals surface area contributed by atoms with E-state index in [1.54, 1.807) is 0 Å². The molecule has 5 heteroatoms. The second kappa shape index (κ2) is 19.3. The van der Waals surface area contributed by atoms with Crippen LogP contribution in [0.15, 0.2) is 0 Å². The molecule has 0 spiro atoms. The van der Waals surface area contributed by atoms with Crippen LogP contribution < -0.4 is 0 Å². The van der Waals surface area contributed by atoms with E-state index in [0.717, 1.165) is 0 Å². The fourth-order valence-electron chi connectivity index (χ4n) is 1.74. The summed E-state index contributed by atoms with van der Waals surface area (Å²) in [5.41, 5.74) is 0. The fourth-order valence-corrected chi connectivity index (χ4v) is 2.24. The van der Waals surface area contributed by atoms with Gasteiger partial charge >= 0.3 is 103 Å². The summed E-state index contributed by atoms with van der Waals surface area (Å²) in [5, 5.41) is 0. The van der Waals surface area contributed by atoms with Crippen LogP contribution in [0.3, 0.4) is 0 Å². The van der Waals surface area contributed by atoms with Crippen molar-refractivity contribution in [1.82, 2.24) is 0 Å². The summed E-state index contributed by atoms with van der Waals surface area (Å²) in [6.45, 7) is 2.29. The average Bonchev–Trinajstić information content (AvgIpc) is 2.26. The second-order valence-electron chi connectivity index (χ2n) is 4.42. The summed E-state index contributed by atoms with van der Waals surface area (Å²) < 4.78 is 25.7. The van der Waals surface area contributed by atoms with Gasteiger partial charge in [0, 0.05) is 0 Å². The van der Waals surface area contributed by atoms with Crippen LogP contribution in [0, 0.1) is 0 Å². The summed E-state index contributed by atoms with van der Waals surface area (Å²) in [5.74, 6) is 0. The van der Waals surface area contributed by atoms with Gasteiger partial charge in [0.2, 0.25) is 0 Å². The molecule has 0 aliphatic rings. The molecule has 17 heavy (non-hydrogen) atoms. The minimum Gasteiger partial charge on any atom is -0.288 e. The summed E-state index contributed by atoms with van der Waals surface area (Å²) in [7, 11) is -3.12. The maximum atomic E-state index is 8.59. The molecule has 0 saturated carbocycles. The van der Waals surface area contributed by atoms with E-state index in [4.69, 9.17) is 13.0 Å². The van der Waals surface area contributed by atoms with E-state index in [1.165, 1.54) is 95.8 Å². The van der Waals surface area contributed by atoms with Gasteiger partial charge in [-0.3, -0.25) is 4.55 Å². The van der Waals surface area contributed by atoms with Crippen molar-refractivity contribution in [3.05, 3.63) is 0 Å². The minimum atomic E-state index is -3.12. The maximum Gasteiger partial charge on any atom is 0.254 e. The molecule has 1 N–H and O–H groups in total. The van der Waals surface area contributed by atoms with Gasteiger partial charge in [0.05, 0.1) is 0 Å². The molecule has 0 heterocycles. The van der Waals surface area contributed by atoms with Crippen LogP contribution in [0.5, 0.6) is 0 Å². The Labute approximate surface area is 126 Å². The van der Waals surface area contributed by atoms with E-state index in [2.05, 4.69) is 6.92 Å². The number of hydrogen-bond donors (Lipinski definition) is 2. The van der Waals surface area contributed by atoms with Crippen molar-refractivity contribution in [3.63, 3.8) is 0 Å². The number of unbranched alkanes of at least 4 members (excludes halogenated alkanes) is 9. The van der Waals surface area contributed by atoms with Crippen LogP contribution in [0.25, 0.3) is 0 Å². The predicted molar refractivity (Wildman–Crippen MR) is 75.3 cm³/mol. The molecule has 3 nitrogen and oxygen atoms in total. The number of rotatable bonds is 10. The van der Waals surface area contributed by atoms with Gasteiger partial charge in [0.15, 0.2) is 0 Å². The zero-order valence-corrected chi connectivity index (χ0v) is 14.4. The Balaban J connectivity index is 0. The van der Waals surface area contributed by atoms with Crippen molar-refractivity contribution in [2.45, 2.75) is 74.8 Å². The Morgan fingerprint density at radius 1 is 0.824 bits per heavy atom. The first-order valence-corrected chi connectivity index (χ1v) is 9.52. The van der Waals surface area contributed by atoms with Crippen LogP contribution in [0.4, 0.5) is 0 Å². The Bertz CT molecular complexity index is 178. The van der Waals surface area contributed by atoms with Gasteiger partial charge in [-0.25, -0.2) is 8.42 Å². The topological polar surface area (TPSA) is 54.4 Å². The number of thiol groups is 1. The van der Waals surface area contributed by atoms with Crippen LogP contribution >= 0.6 is 0 Å². The number of hydrogen-bond acceptors (Lipinski definition) is 2. The average molecular weight is 274 g/mol. The van der Waals surface area contributed by atoms with E-state index in [0.29, 0.717) is 0 Å². The van der Waals surface area contributed by atoms with E-state index in [1.807, 2.05) is 0 Å². The monoisotopic (exact) mass is 274 g/mol. The third-order valence-electron chi connectivity index (χ3n) is 2.71. The van der Waals surface area contributed by atoms with E-state index < -0.39 is 11.0 Å². The Hall–Kier alpha value is 0.910. The Kier molecular flexibility index (Phi) is 22.9. The van der Waals surface area contributed by atoms with Crippen molar-refractivity contribution in [1.29, 1.82) is 0 Å². The molecular formula is C12H27NaO3S. The molecule has 0 aromatic carbocycles. The van der Waals surface area contributed by atoms with Crippen molar-refractivity contribution >= 4 is 38.9 Å². The fraction of sp³-hybridized carbons (Fsp3) is 1.00. The molecule has 100 valence electrons. The molecule has 0 rings (SSSR count). The zero-order valence-electron chi connectivity index (χ0n) is 11.5. The van der Waals surface area contributed by atoms with Gasteiger partial charge in [-0.15, -0.1) is 0 Å². The van der Waals surface area contributed by atoms with Gasteiger partial charge in [0.1, 0.15) is 0 Å². The molecule has 0 amide bonds. The summed E-state index contributed by atoms with van der Waals surface area (Å²) in [6.07, 6.45) is 14.7. The quantitative estimate of drug-likeness (QED) is 0.277. The molecule has 0 radical (unpaired) electrons. The zero-order chi connectivity index (χ0) is 13.4. The minimum absolute atomic E-state index is 1.38. The smallest absolute Gasteiger partial charge is 0.254 e. The van der Waals surface area contributed by atoms with Gasteiger partial charge in [-0.2, -0.15) is 0 Å². The van der Waals surface area contributed by atoms with Crippen molar-refractivity contribution < 1.29 is 13.0 Å². The molecule has 0 bridgehead atoms. The first-order valence-electron chi connectivity index (χ1n) is 6.98. The van der Waals surface area contributed by atoms with E-state index in [-0.39, 0.29) is 0 Å². The molecular weight excluding hydrogens is 247 g/mol. The third-order valence-corrected chi connectivity index (χ3v) is 3.41. The summed E-state index contributed by atoms with van der Waals surface area (Å²) >= 11 is 1.41. The summed E-state index contributed by atoms with van der Waals surface area (Å²) in [4.78, 5) is 0. The third kappa shape index (κ3) is 31.6. The normalized spacial score (nSPS) is 10.2.